The van der Waals surface area contributed by atoms with Crippen LogP contribution in [-0.4, -0.2) is 46.9 Å². The summed E-state index contributed by atoms with van der Waals surface area (Å²) in [7, 11) is 0. The lowest BCUT2D eigenvalue weighted by Crippen LogP contribution is -2.36. The van der Waals surface area contributed by atoms with Gasteiger partial charge in [-0.15, -0.1) is 0 Å². The highest BCUT2D eigenvalue weighted by molar-refractivity contribution is 8.00. The summed E-state index contributed by atoms with van der Waals surface area (Å²) in [6.45, 7) is 2.50. The Morgan fingerprint density at radius 3 is 2.83 bits per heavy atom. The van der Waals surface area contributed by atoms with E-state index in [2.05, 4.69) is 17.4 Å². The topological polar surface area (TPSA) is 102 Å². The number of amides is 2. The fourth-order valence-corrected chi connectivity index (χ4v) is 3.81. The number of urea groups is 1. The van der Waals surface area contributed by atoms with Gasteiger partial charge in [0.15, 0.2) is 0 Å². The molecule has 0 aromatic rings. The lowest BCUT2D eigenvalue weighted by molar-refractivity contribution is -0.137. The maximum absolute atomic E-state index is 11.1. The molecule has 4 N–H and O–H groups in total. The minimum Gasteiger partial charge on any atom is -0.481 e. The molecule has 0 saturated carbocycles. The highest BCUT2D eigenvalue weighted by Gasteiger charge is 2.42. The molecule has 0 spiro atoms. The first kappa shape index (κ1) is 14.8. The van der Waals surface area contributed by atoms with Crippen molar-refractivity contribution < 1.29 is 14.7 Å². The largest absolute Gasteiger partial charge is 0.481 e. The summed E-state index contributed by atoms with van der Waals surface area (Å²) in [5.74, 6) is 0.236. The molecule has 0 bridgehead atoms. The third-order valence-electron chi connectivity index (χ3n) is 3.07. The van der Waals surface area contributed by atoms with Crippen molar-refractivity contribution in [1.29, 1.82) is 5.41 Å². The van der Waals surface area contributed by atoms with Crippen molar-refractivity contribution in [3.8, 4) is 0 Å². The van der Waals surface area contributed by atoms with E-state index in [1.165, 1.54) is 0 Å². The highest BCUT2D eigenvalue weighted by Crippen LogP contribution is 2.33. The first-order valence-corrected chi connectivity index (χ1v) is 6.97. The number of carboxylic acids is 1. The van der Waals surface area contributed by atoms with Gasteiger partial charge in [-0.1, -0.05) is 6.42 Å². The number of hydrogen-bond acceptors (Lipinski definition) is 4. The summed E-state index contributed by atoms with van der Waals surface area (Å²) >= 11 is 1.87. The van der Waals surface area contributed by atoms with Crippen LogP contribution >= 0.6 is 11.8 Å². The van der Waals surface area contributed by atoms with E-state index in [9.17, 15) is 9.59 Å². The second kappa shape index (κ2) is 7.25. The Morgan fingerprint density at radius 2 is 2.17 bits per heavy atom. The standard InChI is InChI=1S/C10H16N2O3S.CH3N/c13-8(14)4-2-1-3-7-9-6(5-16-7)11-10(15)12-9;1-2/h6-7,9H,1-5H2,(H,13,14)(H2,11,12,15);2H,1H2/t6-,7-,9-;/m0./s1. The molecule has 102 valence electrons. The van der Waals surface area contributed by atoms with Crippen molar-refractivity contribution in [3.63, 3.8) is 0 Å². The quantitative estimate of drug-likeness (QED) is 0.342. The molecule has 2 heterocycles. The fourth-order valence-electron chi connectivity index (χ4n) is 2.26. The Kier molecular flexibility index (Phi) is 5.97. The molecule has 0 unspecified atom stereocenters. The Bertz CT molecular complexity index is 314. The SMILES string of the molecule is C=N.O=C(O)CCCC[C@@H]1SC[C@@H]2NC(=O)N[C@@H]21. The molecule has 2 fully saturated rings. The van der Waals surface area contributed by atoms with E-state index in [0.29, 0.717) is 5.25 Å². The minimum atomic E-state index is -0.729. The zero-order valence-corrected chi connectivity index (χ0v) is 11.0. The number of thioether (sulfide) groups is 1. The molecule has 6 nitrogen and oxygen atoms in total. The van der Waals surface area contributed by atoms with Crippen LogP contribution in [0.5, 0.6) is 0 Å². The summed E-state index contributed by atoms with van der Waals surface area (Å²) < 4.78 is 0. The number of hydrogen-bond donors (Lipinski definition) is 4. The van der Waals surface area contributed by atoms with Gasteiger partial charge in [-0.05, 0) is 19.6 Å². The van der Waals surface area contributed by atoms with Crippen molar-refractivity contribution in [3.05, 3.63) is 0 Å². The van der Waals surface area contributed by atoms with Gasteiger partial charge in [-0.2, -0.15) is 11.8 Å². The maximum atomic E-state index is 11.1. The Morgan fingerprint density at radius 1 is 1.44 bits per heavy atom. The number of unbranched alkanes of at least 4 members (excludes halogenated alkanes) is 1. The monoisotopic (exact) mass is 273 g/mol. The van der Waals surface area contributed by atoms with Gasteiger partial charge >= 0.3 is 12.0 Å². The van der Waals surface area contributed by atoms with Gasteiger partial charge in [-0.25, -0.2) is 4.79 Å². The predicted octanol–water partition coefficient (Wildman–Crippen LogP) is 1.06. The molecule has 7 heteroatoms. The molecule has 0 aromatic heterocycles. The summed E-state index contributed by atoms with van der Waals surface area (Å²) in [6.07, 6.45) is 2.88. The van der Waals surface area contributed by atoms with Crippen LogP contribution < -0.4 is 10.6 Å². The number of rotatable bonds is 5. The predicted molar refractivity (Wildman–Crippen MR) is 71.4 cm³/mol. The molecular formula is C11H19N3O3S. The molecule has 3 atom stereocenters. The van der Waals surface area contributed by atoms with Gasteiger partial charge in [0.2, 0.25) is 0 Å². The molecule has 18 heavy (non-hydrogen) atoms. The summed E-state index contributed by atoms with van der Waals surface area (Å²) in [6, 6.07) is 0.440. The first-order chi connectivity index (χ1) is 8.66. The van der Waals surface area contributed by atoms with Gasteiger partial charge in [-0.3, -0.25) is 4.79 Å². The van der Waals surface area contributed by atoms with E-state index < -0.39 is 5.97 Å². The minimum absolute atomic E-state index is 0.0640. The van der Waals surface area contributed by atoms with Crippen LogP contribution in [0.15, 0.2) is 0 Å². The summed E-state index contributed by atoms with van der Waals surface area (Å²) in [4.78, 5) is 21.5. The maximum Gasteiger partial charge on any atom is 0.315 e. The Hall–Kier alpha value is -1.24. The molecule has 2 aliphatic heterocycles. The van der Waals surface area contributed by atoms with E-state index >= 15 is 0 Å². The fraction of sp³-hybridized carbons (Fsp3) is 0.727. The van der Waals surface area contributed by atoms with E-state index in [1.54, 1.807) is 0 Å². The average Bonchev–Trinajstić information content (AvgIpc) is 2.87. The number of fused-ring (bicyclic) bond motifs is 1. The molecule has 0 aliphatic carbocycles. The Labute approximate surface area is 110 Å². The van der Waals surface area contributed by atoms with Gasteiger partial charge < -0.3 is 21.1 Å². The van der Waals surface area contributed by atoms with Crippen LogP contribution in [0.1, 0.15) is 25.7 Å². The molecule has 2 rings (SSSR count). The van der Waals surface area contributed by atoms with Gasteiger partial charge in [0.05, 0.1) is 12.1 Å². The van der Waals surface area contributed by atoms with Crippen LogP contribution in [-0.2, 0) is 4.79 Å². The number of carboxylic acid groups (broad SMARTS) is 1. The van der Waals surface area contributed by atoms with Crippen molar-refractivity contribution in [2.24, 2.45) is 0 Å². The molecule has 2 amide bonds. The first-order valence-electron chi connectivity index (χ1n) is 5.92. The van der Waals surface area contributed by atoms with Gasteiger partial charge in [0, 0.05) is 17.4 Å². The smallest absolute Gasteiger partial charge is 0.315 e. The highest BCUT2D eigenvalue weighted by atomic mass is 32.2. The van der Waals surface area contributed by atoms with Crippen molar-refractivity contribution in [2.75, 3.05) is 5.75 Å². The number of carbonyl (C=O) groups is 2. The number of carbonyl (C=O) groups excluding carboxylic acids is 1. The number of aliphatic carboxylic acids is 1. The van der Waals surface area contributed by atoms with E-state index in [4.69, 9.17) is 10.5 Å². The van der Waals surface area contributed by atoms with Crippen LogP contribution in [0, 0.1) is 5.41 Å². The van der Waals surface area contributed by atoms with Crippen molar-refractivity contribution in [2.45, 2.75) is 43.0 Å². The number of nitrogens with one attached hydrogen (secondary N) is 3. The van der Waals surface area contributed by atoms with Crippen LogP contribution in [0.3, 0.4) is 0 Å². The third kappa shape index (κ3) is 3.90. The average molecular weight is 273 g/mol. The second-order valence-corrected chi connectivity index (χ2v) is 5.53. The van der Waals surface area contributed by atoms with E-state index in [-0.39, 0.29) is 24.5 Å². The van der Waals surface area contributed by atoms with Crippen LogP contribution in [0.2, 0.25) is 0 Å². The normalized spacial score (nSPS) is 28.7. The van der Waals surface area contributed by atoms with Crippen LogP contribution in [0.25, 0.3) is 0 Å². The zero-order valence-electron chi connectivity index (χ0n) is 10.1. The zero-order chi connectivity index (χ0) is 13.5. The Balaban J connectivity index is 0.000000771. The summed E-state index contributed by atoms with van der Waals surface area (Å²) in [5.41, 5.74) is 0. The summed E-state index contributed by atoms with van der Waals surface area (Å²) in [5, 5.41) is 20.3. The van der Waals surface area contributed by atoms with Crippen LogP contribution in [0.4, 0.5) is 4.79 Å². The lowest BCUT2D eigenvalue weighted by atomic mass is 10.0. The molecule has 2 saturated heterocycles. The molecule has 0 aromatic carbocycles. The van der Waals surface area contributed by atoms with E-state index in [0.717, 1.165) is 25.0 Å². The van der Waals surface area contributed by atoms with E-state index in [1.807, 2.05) is 11.8 Å². The van der Waals surface area contributed by atoms with Gasteiger partial charge in [0.1, 0.15) is 0 Å². The van der Waals surface area contributed by atoms with Crippen molar-refractivity contribution in [1.82, 2.24) is 10.6 Å². The molecule has 0 radical (unpaired) electrons. The lowest BCUT2D eigenvalue weighted by Gasteiger charge is -2.16. The van der Waals surface area contributed by atoms with Gasteiger partial charge in [0.25, 0.3) is 0 Å². The second-order valence-electron chi connectivity index (χ2n) is 4.26. The molecule has 2 aliphatic rings. The molecular weight excluding hydrogens is 254 g/mol. The third-order valence-corrected chi connectivity index (χ3v) is 4.58. The van der Waals surface area contributed by atoms with Crippen molar-refractivity contribution >= 4 is 30.5 Å².